The van der Waals surface area contributed by atoms with Gasteiger partial charge in [0.1, 0.15) is 0 Å². The lowest BCUT2D eigenvalue weighted by Crippen LogP contribution is -1.99. The predicted octanol–water partition coefficient (Wildman–Crippen LogP) is 2.71. The van der Waals surface area contributed by atoms with Crippen LogP contribution in [0.15, 0.2) is 9.85 Å². The highest BCUT2D eigenvalue weighted by atomic mass is 79.9. The van der Waals surface area contributed by atoms with Gasteiger partial charge in [-0.25, -0.2) is 0 Å². The number of hydrogen-bond donors (Lipinski definition) is 1. The van der Waals surface area contributed by atoms with Crippen molar-refractivity contribution in [3.8, 4) is 0 Å². The van der Waals surface area contributed by atoms with Crippen LogP contribution in [0.1, 0.15) is 16.9 Å². The molecule has 0 aliphatic carbocycles. The van der Waals surface area contributed by atoms with Crippen LogP contribution in [-0.2, 0) is 6.42 Å². The third kappa shape index (κ3) is 2.58. The van der Waals surface area contributed by atoms with Gasteiger partial charge in [0.2, 0.25) is 0 Å². The van der Waals surface area contributed by atoms with Gasteiger partial charge in [0, 0.05) is 4.88 Å². The Bertz CT molecular complexity index is 212. The normalized spacial score (nSPS) is 10.5. The summed E-state index contributed by atoms with van der Waals surface area (Å²) in [5, 5.41) is 0. The van der Waals surface area contributed by atoms with E-state index in [9.17, 15) is 0 Å². The van der Waals surface area contributed by atoms with E-state index in [4.69, 9.17) is 5.73 Å². The van der Waals surface area contributed by atoms with Crippen LogP contribution in [0.5, 0.6) is 0 Å². The van der Waals surface area contributed by atoms with E-state index in [0.717, 1.165) is 19.4 Å². The van der Waals surface area contributed by atoms with Crippen LogP contribution in [0.2, 0.25) is 0 Å². The Labute approximate surface area is 79.7 Å². The van der Waals surface area contributed by atoms with Gasteiger partial charge < -0.3 is 5.73 Å². The molecule has 11 heavy (non-hydrogen) atoms. The molecule has 1 aromatic heterocycles. The van der Waals surface area contributed by atoms with Gasteiger partial charge >= 0.3 is 0 Å². The SMILES string of the molecule is Cc1cc(CCCN)sc1Br. The topological polar surface area (TPSA) is 26.0 Å². The number of thiophene rings is 1. The van der Waals surface area contributed by atoms with Crippen LogP contribution < -0.4 is 5.73 Å². The molecule has 1 aromatic rings. The van der Waals surface area contributed by atoms with E-state index in [2.05, 4.69) is 28.9 Å². The van der Waals surface area contributed by atoms with E-state index in [1.54, 1.807) is 0 Å². The monoisotopic (exact) mass is 233 g/mol. The van der Waals surface area contributed by atoms with Gasteiger partial charge in [0.15, 0.2) is 0 Å². The molecule has 0 amide bonds. The largest absolute Gasteiger partial charge is 0.330 e. The van der Waals surface area contributed by atoms with E-state index >= 15 is 0 Å². The van der Waals surface area contributed by atoms with Crippen molar-refractivity contribution in [2.75, 3.05) is 6.54 Å². The molecule has 1 rings (SSSR count). The smallest absolute Gasteiger partial charge is 0.0730 e. The van der Waals surface area contributed by atoms with Gasteiger partial charge in [-0.15, -0.1) is 11.3 Å². The molecule has 1 nitrogen and oxygen atoms in total. The first kappa shape index (κ1) is 9.23. The molecular weight excluding hydrogens is 222 g/mol. The summed E-state index contributed by atoms with van der Waals surface area (Å²) in [6.45, 7) is 2.90. The van der Waals surface area contributed by atoms with Crippen LogP contribution in [0.4, 0.5) is 0 Å². The molecule has 0 bridgehead atoms. The lowest BCUT2D eigenvalue weighted by Gasteiger charge is -1.91. The second-order valence-corrected chi connectivity index (χ2v) is 5.02. The quantitative estimate of drug-likeness (QED) is 0.854. The van der Waals surface area contributed by atoms with Gasteiger partial charge in [0.05, 0.1) is 3.79 Å². The van der Waals surface area contributed by atoms with E-state index < -0.39 is 0 Å². The molecule has 0 aliphatic heterocycles. The Balaban J connectivity index is 2.58. The first-order chi connectivity index (χ1) is 5.24. The molecular formula is C8H12BrNS. The van der Waals surface area contributed by atoms with Gasteiger partial charge in [-0.3, -0.25) is 0 Å². The highest BCUT2D eigenvalue weighted by Crippen LogP contribution is 2.27. The minimum absolute atomic E-state index is 0.786. The Hall–Kier alpha value is 0.140. The van der Waals surface area contributed by atoms with Crippen molar-refractivity contribution in [3.63, 3.8) is 0 Å². The number of hydrogen-bond acceptors (Lipinski definition) is 2. The zero-order valence-electron chi connectivity index (χ0n) is 6.56. The van der Waals surface area contributed by atoms with Gasteiger partial charge in [0.25, 0.3) is 0 Å². The van der Waals surface area contributed by atoms with Crippen LogP contribution in [0.3, 0.4) is 0 Å². The Morgan fingerprint density at radius 3 is 2.82 bits per heavy atom. The standard InChI is InChI=1S/C8H12BrNS/c1-6-5-7(3-2-4-10)11-8(6)9/h5H,2-4,10H2,1H3. The van der Waals surface area contributed by atoms with Gasteiger partial charge in [-0.05, 0) is 53.9 Å². The minimum Gasteiger partial charge on any atom is -0.330 e. The number of nitrogens with two attached hydrogens (primary N) is 1. The van der Waals surface area contributed by atoms with Crippen molar-refractivity contribution in [2.45, 2.75) is 19.8 Å². The third-order valence-electron chi connectivity index (χ3n) is 1.54. The highest BCUT2D eigenvalue weighted by molar-refractivity contribution is 9.11. The molecule has 0 atom stereocenters. The molecule has 0 saturated carbocycles. The maximum atomic E-state index is 5.41. The fourth-order valence-corrected chi connectivity index (χ4v) is 2.59. The van der Waals surface area contributed by atoms with E-state index in [-0.39, 0.29) is 0 Å². The van der Waals surface area contributed by atoms with Crippen molar-refractivity contribution in [3.05, 3.63) is 20.3 Å². The number of aryl methyl sites for hydroxylation is 2. The van der Waals surface area contributed by atoms with Crippen molar-refractivity contribution in [2.24, 2.45) is 5.73 Å². The molecule has 0 fully saturated rings. The average Bonchev–Trinajstić information content (AvgIpc) is 2.28. The molecule has 1 heterocycles. The first-order valence-electron chi connectivity index (χ1n) is 3.69. The molecule has 0 aromatic carbocycles. The highest BCUT2D eigenvalue weighted by Gasteiger charge is 2.01. The van der Waals surface area contributed by atoms with Gasteiger partial charge in [-0.1, -0.05) is 0 Å². The summed E-state index contributed by atoms with van der Waals surface area (Å²) in [5.41, 5.74) is 6.75. The zero-order chi connectivity index (χ0) is 8.27. The van der Waals surface area contributed by atoms with E-state index in [1.807, 2.05) is 11.3 Å². The van der Waals surface area contributed by atoms with Crippen molar-refractivity contribution < 1.29 is 0 Å². The van der Waals surface area contributed by atoms with Crippen LogP contribution >= 0.6 is 27.3 Å². The van der Waals surface area contributed by atoms with Gasteiger partial charge in [-0.2, -0.15) is 0 Å². The molecule has 0 spiro atoms. The first-order valence-corrected chi connectivity index (χ1v) is 5.30. The van der Waals surface area contributed by atoms with Crippen molar-refractivity contribution in [1.82, 2.24) is 0 Å². The summed E-state index contributed by atoms with van der Waals surface area (Å²) in [6, 6.07) is 2.23. The molecule has 0 saturated heterocycles. The number of rotatable bonds is 3. The Kier molecular flexibility index (Phi) is 3.55. The second kappa shape index (κ2) is 4.24. The zero-order valence-corrected chi connectivity index (χ0v) is 8.96. The summed E-state index contributed by atoms with van der Waals surface area (Å²) in [5.74, 6) is 0. The maximum Gasteiger partial charge on any atom is 0.0730 e. The fraction of sp³-hybridized carbons (Fsp3) is 0.500. The summed E-state index contributed by atoms with van der Waals surface area (Å²) in [4.78, 5) is 1.43. The molecule has 0 unspecified atom stereocenters. The summed E-state index contributed by atoms with van der Waals surface area (Å²) < 4.78 is 1.25. The van der Waals surface area contributed by atoms with Crippen LogP contribution in [0.25, 0.3) is 0 Å². The minimum atomic E-state index is 0.786. The molecule has 0 aliphatic rings. The Morgan fingerprint density at radius 1 is 1.64 bits per heavy atom. The number of halogens is 1. The lowest BCUT2D eigenvalue weighted by molar-refractivity contribution is 0.843. The van der Waals surface area contributed by atoms with Crippen molar-refractivity contribution >= 4 is 27.3 Å². The summed E-state index contributed by atoms with van der Waals surface area (Å²) in [7, 11) is 0. The maximum absolute atomic E-state index is 5.41. The lowest BCUT2D eigenvalue weighted by atomic mass is 10.2. The summed E-state index contributed by atoms with van der Waals surface area (Å²) >= 11 is 5.31. The molecule has 0 radical (unpaired) electrons. The van der Waals surface area contributed by atoms with E-state index in [0.29, 0.717) is 0 Å². The predicted molar refractivity (Wildman–Crippen MR) is 54.1 cm³/mol. The Morgan fingerprint density at radius 2 is 2.36 bits per heavy atom. The molecule has 2 N–H and O–H groups in total. The average molecular weight is 234 g/mol. The fourth-order valence-electron chi connectivity index (χ4n) is 0.923. The third-order valence-corrected chi connectivity index (χ3v) is 3.73. The molecule has 3 heteroatoms. The molecule has 62 valence electrons. The second-order valence-electron chi connectivity index (χ2n) is 2.56. The van der Waals surface area contributed by atoms with Crippen molar-refractivity contribution in [1.29, 1.82) is 0 Å². The van der Waals surface area contributed by atoms with Crippen LogP contribution in [-0.4, -0.2) is 6.54 Å². The van der Waals surface area contributed by atoms with Crippen LogP contribution in [0, 0.1) is 6.92 Å². The summed E-state index contributed by atoms with van der Waals surface area (Å²) in [6.07, 6.45) is 2.21. The van der Waals surface area contributed by atoms with E-state index in [1.165, 1.54) is 14.2 Å².